The first kappa shape index (κ1) is 22.4. The molecule has 0 spiro atoms. The largest absolute Gasteiger partial charge is 0.473 e. The van der Waals surface area contributed by atoms with Crippen molar-refractivity contribution < 1.29 is 17.9 Å². The Hall–Kier alpha value is -2.75. The molecule has 1 amide bonds. The summed E-state index contributed by atoms with van der Waals surface area (Å²) in [6.07, 6.45) is 4.50. The highest BCUT2D eigenvalue weighted by atomic mass is 32.2. The van der Waals surface area contributed by atoms with Crippen LogP contribution >= 0.6 is 11.3 Å². The van der Waals surface area contributed by atoms with Gasteiger partial charge in [0.25, 0.3) is 10.0 Å². The van der Waals surface area contributed by atoms with Gasteiger partial charge in [-0.25, -0.2) is 13.4 Å². The van der Waals surface area contributed by atoms with Crippen LogP contribution in [0.5, 0.6) is 5.88 Å². The van der Waals surface area contributed by atoms with Crippen LogP contribution in [0.25, 0.3) is 0 Å². The molecule has 9 heteroatoms. The molecule has 1 aromatic carbocycles. The van der Waals surface area contributed by atoms with Crippen LogP contribution in [0.3, 0.4) is 0 Å². The second-order valence-electron chi connectivity index (χ2n) is 7.57. The molecule has 3 aromatic rings. The number of sulfonamides is 1. The minimum Gasteiger partial charge on any atom is -0.473 e. The lowest BCUT2D eigenvalue weighted by Gasteiger charge is -2.25. The van der Waals surface area contributed by atoms with Crippen molar-refractivity contribution in [3.63, 3.8) is 0 Å². The zero-order chi connectivity index (χ0) is 22.4. The molecule has 3 heterocycles. The first-order valence-corrected chi connectivity index (χ1v) is 12.8. The van der Waals surface area contributed by atoms with Gasteiger partial charge >= 0.3 is 0 Å². The average molecular weight is 472 g/mol. The molecule has 0 bridgehead atoms. The highest BCUT2D eigenvalue weighted by Gasteiger charge is 2.27. The van der Waals surface area contributed by atoms with Gasteiger partial charge in [0.15, 0.2) is 0 Å². The van der Waals surface area contributed by atoms with Crippen LogP contribution in [0.1, 0.15) is 29.7 Å². The van der Waals surface area contributed by atoms with Crippen LogP contribution in [0.4, 0.5) is 5.69 Å². The average Bonchev–Trinajstić information content (AvgIpc) is 3.29. The molecule has 1 aliphatic heterocycles. The van der Waals surface area contributed by atoms with Crippen LogP contribution in [0.15, 0.2) is 65.0 Å². The third kappa shape index (κ3) is 5.73. The smallest absolute Gasteiger partial charge is 0.252 e. The zero-order valence-electron chi connectivity index (χ0n) is 17.6. The number of rotatable bonds is 8. The van der Waals surface area contributed by atoms with Crippen molar-refractivity contribution in [1.82, 2.24) is 9.29 Å². The van der Waals surface area contributed by atoms with Crippen molar-refractivity contribution in [1.29, 1.82) is 0 Å². The molecule has 0 atom stereocenters. The maximum absolute atomic E-state index is 12.8. The number of amides is 1. The molecule has 2 aromatic heterocycles. The molecule has 1 fully saturated rings. The number of ether oxygens (including phenoxy) is 1. The predicted octanol–water partition coefficient (Wildman–Crippen LogP) is 4.08. The fourth-order valence-corrected chi connectivity index (χ4v) is 6.48. The molecule has 32 heavy (non-hydrogen) atoms. The topological polar surface area (TPSA) is 88.6 Å². The Morgan fingerprint density at radius 3 is 2.53 bits per heavy atom. The van der Waals surface area contributed by atoms with Crippen LogP contribution in [0, 0.1) is 0 Å². The van der Waals surface area contributed by atoms with Gasteiger partial charge < -0.3 is 10.1 Å². The normalized spacial score (nSPS) is 14.8. The summed E-state index contributed by atoms with van der Waals surface area (Å²) in [4.78, 5) is 17.3. The van der Waals surface area contributed by atoms with Gasteiger partial charge in [0, 0.05) is 24.0 Å². The van der Waals surface area contributed by atoms with Gasteiger partial charge in [-0.05, 0) is 36.6 Å². The second-order valence-corrected chi connectivity index (χ2v) is 10.9. The quantitative estimate of drug-likeness (QED) is 0.535. The van der Waals surface area contributed by atoms with E-state index < -0.39 is 10.0 Å². The number of nitrogens with zero attached hydrogens (tertiary/aromatic N) is 2. The lowest BCUT2D eigenvalue weighted by atomic mass is 10.2. The summed E-state index contributed by atoms with van der Waals surface area (Å²) < 4.78 is 33.0. The third-order valence-corrected chi connectivity index (χ3v) is 8.58. The summed E-state index contributed by atoms with van der Waals surface area (Å²) in [5.41, 5.74) is 1.60. The van der Waals surface area contributed by atoms with E-state index in [2.05, 4.69) is 10.3 Å². The molecule has 0 saturated carbocycles. The van der Waals surface area contributed by atoms with Gasteiger partial charge in [0.1, 0.15) is 10.8 Å². The van der Waals surface area contributed by atoms with E-state index in [0.717, 1.165) is 36.2 Å². The van der Waals surface area contributed by atoms with Crippen LogP contribution in [0.2, 0.25) is 0 Å². The molecular weight excluding hydrogens is 446 g/mol. The number of thiophene rings is 1. The third-order valence-electron chi connectivity index (χ3n) is 5.13. The summed E-state index contributed by atoms with van der Waals surface area (Å²) >= 11 is 1.15. The summed E-state index contributed by atoms with van der Waals surface area (Å²) in [5, 5.41) is 2.79. The van der Waals surface area contributed by atoms with Crippen molar-refractivity contribution in [2.45, 2.75) is 36.5 Å². The first-order valence-electron chi connectivity index (χ1n) is 10.5. The lowest BCUT2D eigenvalue weighted by Crippen LogP contribution is -2.35. The van der Waals surface area contributed by atoms with Crippen LogP contribution < -0.4 is 10.1 Å². The monoisotopic (exact) mass is 471 g/mol. The number of hydrogen-bond acceptors (Lipinski definition) is 6. The SMILES string of the molecule is O=C(Cc1ccc(S(=O)(=O)N2CCCCC2)s1)Nc1ccc(OCc2ccccc2)nc1. The van der Waals surface area contributed by atoms with Gasteiger partial charge in [-0.15, -0.1) is 11.3 Å². The molecule has 168 valence electrons. The number of pyridine rings is 1. The van der Waals surface area contributed by atoms with E-state index in [-0.39, 0.29) is 12.3 Å². The van der Waals surface area contributed by atoms with Crippen molar-refractivity contribution in [2.75, 3.05) is 18.4 Å². The first-order chi connectivity index (χ1) is 15.5. The number of nitrogens with one attached hydrogen (secondary N) is 1. The molecule has 1 saturated heterocycles. The van der Waals surface area contributed by atoms with Crippen LogP contribution in [-0.4, -0.2) is 36.7 Å². The summed E-state index contributed by atoms with van der Waals surface area (Å²) in [7, 11) is -3.47. The second kappa shape index (κ2) is 10.2. The fourth-order valence-electron chi connectivity index (χ4n) is 3.46. The van der Waals surface area contributed by atoms with Gasteiger partial charge in [0.2, 0.25) is 11.8 Å². The van der Waals surface area contributed by atoms with E-state index in [0.29, 0.717) is 40.4 Å². The number of benzene rings is 1. The van der Waals surface area contributed by atoms with E-state index in [9.17, 15) is 13.2 Å². The maximum Gasteiger partial charge on any atom is 0.252 e. The molecular formula is C23H25N3O4S2. The Bertz CT molecular complexity index is 1140. The van der Waals surface area contributed by atoms with E-state index in [1.807, 2.05) is 30.3 Å². The number of carbonyl (C=O) groups is 1. The van der Waals surface area contributed by atoms with Gasteiger partial charge in [-0.1, -0.05) is 36.8 Å². The van der Waals surface area contributed by atoms with Crippen molar-refractivity contribution in [3.05, 3.63) is 71.2 Å². The summed E-state index contributed by atoms with van der Waals surface area (Å²) in [6.45, 7) is 1.54. The minimum absolute atomic E-state index is 0.104. The van der Waals surface area contributed by atoms with Crippen molar-refractivity contribution in [3.8, 4) is 5.88 Å². The van der Waals surface area contributed by atoms with E-state index >= 15 is 0 Å². The van der Waals surface area contributed by atoms with Crippen molar-refractivity contribution in [2.24, 2.45) is 0 Å². The molecule has 1 N–H and O–H groups in total. The van der Waals surface area contributed by atoms with Gasteiger partial charge in [-0.2, -0.15) is 4.31 Å². The van der Waals surface area contributed by atoms with Gasteiger partial charge in [-0.3, -0.25) is 4.79 Å². The predicted molar refractivity (Wildman–Crippen MR) is 124 cm³/mol. The molecule has 0 unspecified atom stereocenters. The highest BCUT2D eigenvalue weighted by molar-refractivity contribution is 7.91. The van der Waals surface area contributed by atoms with Gasteiger partial charge in [0.05, 0.1) is 18.3 Å². The molecule has 4 rings (SSSR count). The molecule has 0 aliphatic carbocycles. The van der Waals surface area contributed by atoms with Crippen molar-refractivity contribution >= 4 is 33.0 Å². The Morgan fingerprint density at radius 2 is 1.81 bits per heavy atom. The number of carbonyl (C=O) groups excluding carboxylic acids is 1. The minimum atomic E-state index is -3.47. The van der Waals surface area contributed by atoms with E-state index in [1.54, 1.807) is 34.8 Å². The standard InChI is InChI=1S/C23H25N3O4S2/c27-21(15-20-10-12-23(31-20)32(28,29)26-13-5-2-6-14-26)25-19-9-11-22(24-16-19)30-17-18-7-3-1-4-8-18/h1,3-4,7-12,16H,2,5-6,13-15,17H2,(H,25,27). The Morgan fingerprint density at radius 1 is 1.03 bits per heavy atom. The highest BCUT2D eigenvalue weighted by Crippen LogP contribution is 2.27. The molecule has 0 radical (unpaired) electrons. The Kier molecular flexibility index (Phi) is 7.19. The number of anilines is 1. The van der Waals surface area contributed by atoms with E-state index in [4.69, 9.17) is 4.74 Å². The Balaban J connectivity index is 1.30. The summed E-state index contributed by atoms with van der Waals surface area (Å²) in [5.74, 6) is 0.242. The number of hydrogen-bond donors (Lipinski definition) is 1. The molecule has 7 nitrogen and oxygen atoms in total. The Labute approximate surface area is 192 Å². The number of aromatic nitrogens is 1. The summed E-state index contributed by atoms with van der Waals surface area (Å²) in [6, 6.07) is 16.5. The number of piperidine rings is 1. The fraction of sp³-hybridized carbons (Fsp3) is 0.304. The zero-order valence-corrected chi connectivity index (χ0v) is 19.2. The van der Waals surface area contributed by atoms with Crippen LogP contribution in [-0.2, 0) is 27.8 Å². The maximum atomic E-state index is 12.8. The molecule has 1 aliphatic rings. The lowest BCUT2D eigenvalue weighted by molar-refractivity contribution is -0.115. The van der Waals surface area contributed by atoms with E-state index in [1.165, 1.54) is 0 Å².